The quantitative estimate of drug-likeness (QED) is 0.102. The molecule has 20 unspecified atom stereocenters. The summed E-state index contributed by atoms with van der Waals surface area (Å²) in [6, 6.07) is -8.81. The van der Waals surface area contributed by atoms with Gasteiger partial charge in [-0.25, -0.2) is 0 Å². The molecule has 0 amide bonds. The van der Waals surface area contributed by atoms with Gasteiger partial charge in [0.15, 0.2) is 0 Å². The van der Waals surface area contributed by atoms with Gasteiger partial charge in [-0.1, -0.05) is 38.5 Å². The van der Waals surface area contributed by atoms with E-state index in [2.05, 4.69) is 42.5 Å². The van der Waals surface area contributed by atoms with Gasteiger partial charge < -0.3 is 0 Å². The molecule has 53 heavy (non-hydrogen) atoms. The minimum absolute atomic E-state index is 0. The Hall–Kier alpha value is -1.98. The summed E-state index contributed by atoms with van der Waals surface area (Å²) < 4.78 is 0. The second kappa shape index (κ2) is 14.8. The number of nitro groups is 4. The number of hydrogen-bond donors (Lipinski definition) is 8. The van der Waals surface area contributed by atoms with Crippen molar-refractivity contribution in [3.05, 3.63) is 40.5 Å². The molecule has 0 aromatic heterocycles. The van der Waals surface area contributed by atoms with E-state index in [9.17, 15) is 40.5 Å². The number of nitrogens with one attached hydrogen (secondary N) is 8. The van der Waals surface area contributed by atoms with E-state index in [1.54, 1.807) is 0 Å². The first-order chi connectivity index (χ1) is 25.1. The van der Waals surface area contributed by atoms with Crippen LogP contribution in [0.15, 0.2) is 0 Å². The van der Waals surface area contributed by atoms with E-state index in [1.807, 2.05) is 0 Å². The first kappa shape index (κ1) is 37.9. The van der Waals surface area contributed by atoms with Gasteiger partial charge in [-0.3, -0.25) is 83.0 Å². The third-order valence-electron chi connectivity index (χ3n) is 15.1. The molecule has 9 aliphatic rings. The van der Waals surface area contributed by atoms with Crippen LogP contribution in [0.3, 0.4) is 0 Å². The van der Waals surface area contributed by atoms with Gasteiger partial charge in [0.2, 0.25) is 0 Å². The molecule has 4 aliphatic carbocycles. The minimum atomic E-state index is -2.38. The van der Waals surface area contributed by atoms with E-state index in [1.165, 1.54) is 12.8 Å². The summed E-state index contributed by atoms with van der Waals surface area (Å²) in [5, 5.41) is 81.0. The molecule has 0 radical (unpaired) electrons. The van der Waals surface area contributed by atoms with Gasteiger partial charge >= 0.3 is 34.5 Å². The van der Waals surface area contributed by atoms with E-state index in [-0.39, 0.29) is 83.0 Å². The Morgan fingerprint density at radius 3 is 0.717 bits per heavy atom. The molecule has 21 heteroatoms. The smallest absolute Gasteiger partial charge is 0.286 e. The Bertz CT molecular complexity index is 1350. The molecule has 8 bridgehead atoms. The van der Waals surface area contributed by atoms with Crippen LogP contribution in [0.25, 0.3) is 0 Å². The predicted molar refractivity (Wildman–Crippen MR) is 182 cm³/mol. The molecule has 4 saturated carbocycles. The molecule has 5 saturated heterocycles. The van der Waals surface area contributed by atoms with E-state index in [0.29, 0.717) is 11.8 Å². The van der Waals surface area contributed by atoms with Crippen molar-refractivity contribution in [2.24, 2.45) is 47.3 Å². The fraction of sp³-hybridized carbons (Fsp3) is 1.00. The zero-order valence-corrected chi connectivity index (χ0v) is 30.9. The van der Waals surface area contributed by atoms with Gasteiger partial charge in [0, 0.05) is 19.7 Å². The first-order valence-corrected chi connectivity index (χ1v) is 19.7. The summed E-state index contributed by atoms with van der Waals surface area (Å²) in [6.45, 7) is 0. The molecule has 9 rings (SSSR count). The summed E-state index contributed by atoms with van der Waals surface area (Å²) in [7, 11) is 0. The topological polar surface area (TPSA) is 269 Å². The van der Waals surface area contributed by atoms with Crippen LogP contribution in [-0.4, -0.2) is 93.2 Å². The number of nitrogens with zero attached hydrogens (tertiary/aromatic N) is 4. The Balaban J connectivity index is 0.00000400. The van der Waals surface area contributed by atoms with Crippen LogP contribution >= 0.6 is 0 Å². The average molecular weight is 841 g/mol. The van der Waals surface area contributed by atoms with E-state index in [4.69, 9.17) is 0 Å². The molecule has 9 fully saturated rings. The zero-order chi connectivity index (χ0) is 36.0. The summed E-state index contributed by atoms with van der Waals surface area (Å²) in [6.07, 6.45) is 10.1. The SMILES string of the molecule is O=[N+]([O-])C1C2C3NC4NC(NC5NC(NC6NC(NC(N3)C2C([N+](=O)[O-])C([N+](=O)[O-])C1[N+](=O)[O-])C1CCCCC61)C1CCCCC51)C1CCCCC41.[Ag+]. The summed E-state index contributed by atoms with van der Waals surface area (Å²) >= 11 is 0. The second-order valence-corrected chi connectivity index (χ2v) is 17.2. The van der Waals surface area contributed by atoms with Crippen LogP contribution in [0.2, 0.25) is 0 Å². The van der Waals surface area contributed by atoms with Crippen LogP contribution < -0.4 is 42.5 Å². The molecule has 20 atom stereocenters. The van der Waals surface area contributed by atoms with Crippen LogP contribution in [0, 0.1) is 87.8 Å². The summed E-state index contributed by atoms with van der Waals surface area (Å²) in [5.74, 6) is -0.811. The molecule has 298 valence electrons. The Morgan fingerprint density at radius 2 is 0.509 bits per heavy atom. The fourth-order valence-electron chi connectivity index (χ4n) is 13.1. The molecule has 5 aliphatic heterocycles. The summed E-state index contributed by atoms with van der Waals surface area (Å²) in [4.78, 5) is 47.2. The zero-order valence-electron chi connectivity index (χ0n) is 29.4. The molecule has 20 nitrogen and oxygen atoms in total. The Kier molecular flexibility index (Phi) is 10.6. The molecular weight excluding hydrogens is 788 g/mol. The van der Waals surface area contributed by atoms with E-state index < -0.39 is 68.0 Å². The summed E-state index contributed by atoms with van der Waals surface area (Å²) in [5.41, 5.74) is 0. The van der Waals surface area contributed by atoms with Gasteiger partial charge in [0.1, 0.15) is 0 Å². The van der Waals surface area contributed by atoms with Crippen LogP contribution in [0.4, 0.5) is 0 Å². The maximum absolute atomic E-state index is 12.9. The Labute approximate surface area is 322 Å². The maximum Gasteiger partial charge on any atom is 1.00 e. The molecule has 0 aromatic rings. The number of rotatable bonds is 4. The third kappa shape index (κ3) is 6.33. The molecular formula is C32H52AgN12O8+. The van der Waals surface area contributed by atoms with Crippen molar-refractivity contribution in [3.63, 3.8) is 0 Å². The van der Waals surface area contributed by atoms with Crippen molar-refractivity contribution in [2.75, 3.05) is 0 Å². The molecule has 0 spiro atoms. The molecule has 8 N–H and O–H groups in total. The third-order valence-corrected chi connectivity index (χ3v) is 15.1. The monoisotopic (exact) mass is 839 g/mol. The predicted octanol–water partition coefficient (Wildman–Crippen LogP) is -0.376. The van der Waals surface area contributed by atoms with E-state index >= 15 is 0 Å². The van der Waals surface area contributed by atoms with Gasteiger partial charge in [-0.2, -0.15) is 0 Å². The molecule has 5 heterocycles. The second-order valence-electron chi connectivity index (χ2n) is 17.2. The molecule has 0 aromatic carbocycles. The van der Waals surface area contributed by atoms with Crippen molar-refractivity contribution < 1.29 is 42.1 Å². The average Bonchev–Trinajstić information content (AvgIpc) is 3.86. The standard InChI is InChI=1S/C32H52N12O8.Ag/c45-41(46)21-19-20(22(42(47)48)24(44(51)52)23(21)43(49)50)32-39-30-18-12-6-4-10-16(18)28(37-30)35-26-14-8-2-1-7-13(14)25(33-26)34-27-15-9-3-5-11-17(15)29(36-27)38-31(19)40-32;/h13-40H,1-12H2;/q;+1. The minimum Gasteiger partial charge on any atom is -0.286 e. The fourth-order valence-corrected chi connectivity index (χ4v) is 13.1. The van der Waals surface area contributed by atoms with Gasteiger partial charge in [-0.05, 0) is 74.0 Å². The van der Waals surface area contributed by atoms with Crippen molar-refractivity contribution in [3.8, 4) is 0 Å². The largest absolute Gasteiger partial charge is 1.00 e. The number of fused-ring (bicyclic) bond motifs is 20. The Morgan fingerprint density at radius 1 is 0.321 bits per heavy atom. The van der Waals surface area contributed by atoms with Crippen molar-refractivity contribution in [1.82, 2.24) is 42.5 Å². The number of hydrogen-bond acceptors (Lipinski definition) is 16. The van der Waals surface area contributed by atoms with Crippen molar-refractivity contribution in [2.45, 2.75) is 151 Å². The van der Waals surface area contributed by atoms with Crippen LogP contribution in [0.1, 0.15) is 77.0 Å². The van der Waals surface area contributed by atoms with Gasteiger partial charge in [0.05, 0.1) is 61.2 Å². The first-order valence-electron chi connectivity index (χ1n) is 19.7. The van der Waals surface area contributed by atoms with Crippen LogP contribution in [-0.2, 0) is 22.4 Å². The maximum atomic E-state index is 12.9. The van der Waals surface area contributed by atoms with E-state index in [0.717, 1.165) is 64.2 Å². The van der Waals surface area contributed by atoms with Crippen LogP contribution in [0.5, 0.6) is 0 Å². The van der Waals surface area contributed by atoms with Gasteiger partial charge in [-0.15, -0.1) is 0 Å². The van der Waals surface area contributed by atoms with Gasteiger partial charge in [0.25, 0.3) is 12.1 Å². The van der Waals surface area contributed by atoms with Crippen molar-refractivity contribution >= 4 is 0 Å². The van der Waals surface area contributed by atoms with Crippen molar-refractivity contribution in [1.29, 1.82) is 0 Å². The normalized spacial score (nSPS) is 51.5.